The van der Waals surface area contributed by atoms with Gasteiger partial charge in [0, 0.05) is 11.4 Å². The largest absolute Gasteiger partial charge is 0.360 e. The van der Waals surface area contributed by atoms with Gasteiger partial charge < -0.3 is 10.3 Å². The summed E-state index contributed by atoms with van der Waals surface area (Å²) in [6.07, 6.45) is 0. The summed E-state index contributed by atoms with van der Waals surface area (Å²) < 4.78 is 1.65. The van der Waals surface area contributed by atoms with Gasteiger partial charge in [-0.25, -0.2) is 15.0 Å². The van der Waals surface area contributed by atoms with Crippen molar-refractivity contribution >= 4 is 66.5 Å². The average Bonchev–Trinajstić information content (AvgIpc) is 3.14. The van der Waals surface area contributed by atoms with Crippen LogP contribution in [0.25, 0.3) is 27.6 Å². The van der Waals surface area contributed by atoms with Crippen molar-refractivity contribution in [3.63, 3.8) is 0 Å². The fraction of sp³-hybridized carbons (Fsp3) is 0.0909. The van der Waals surface area contributed by atoms with E-state index in [1.807, 2.05) is 55.5 Å². The number of rotatable bonds is 4. The van der Waals surface area contributed by atoms with Gasteiger partial charge in [0.25, 0.3) is 5.56 Å². The number of para-hydroxylation sites is 1. The van der Waals surface area contributed by atoms with Crippen molar-refractivity contribution in [1.82, 2.24) is 24.5 Å². The molecule has 7 nitrogen and oxygen atoms in total. The molecule has 152 valence electrons. The third-order valence-electron chi connectivity index (χ3n) is 5.22. The molecule has 3 aromatic heterocycles. The van der Waals surface area contributed by atoms with E-state index in [4.69, 9.17) is 27.3 Å². The molecule has 0 aliphatic heterocycles. The number of fused-ring (bicyclic) bond motifs is 2. The van der Waals surface area contributed by atoms with Crippen LogP contribution in [0.2, 0.25) is 5.02 Å². The van der Waals surface area contributed by atoms with Gasteiger partial charge in [-0.15, -0.1) is 0 Å². The van der Waals surface area contributed by atoms with Crippen molar-refractivity contribution in [3.05, 3.63) is 75.7 Å². The number of hydrogen-bond donors (Lipinski definition) is 2. The number of benzene rings is 2. The van der Waals surface area contributed by atoms with Crippen LogP contribution in [0, 0.1) is 0 Å². The maximum Gasteiger partial charge on any atom is 0.264 e. The molecule has 32 heavy (non-hydrogen) atoms. The molecule has 1 atom stereocenters. The number of pyridine rings is 1. The number of nitrogens with zero attached hydrogens (tertiary/aromatic N) is 4. The summed E-state index contributed by atoms with van der Waals surface area (Å²) in [5.74, 6) is 0.433. The van der Waals surface area contributed by atoms with E-state index in [0.29, 0.717) is 33.1 Å². The second kappa shape index (κ2) is 7.84. The van der Waals surface area contributed by atoms with E-state index in [2.05, 4.69) is 25.3 Å². The molecule has 0 unspecified atom stereocenters. The van der Waals surface area contributed by atoms with Gasteiger partial charge in [-0.2, -0.15) is 0 Å². The summed E-state index contributed by atoms with van der Waals surface area (Å²) in [4.78, 5) is 29.0. The highest BCUT2D eigenvalue weighted by molar-refractivity contribution is 6.35. The van der Waals surface area contributed by atoms with E-state index in [0.717, 1.165) is 11.1 Å². The molecule has 0 spiro atoms. The van der Waals surface area contributed by atoms with E-state index in [1.54, 1.807) is 10.6 Å². The second-order valence-electron chi connectivity index (χ2n) is 7.37. The summed E-state index contributed by atoms with van der Waals surface area (Å²) in [5.41, 5.74) is 2.38. The first-order valence-electron chi connectivity index (χ1n) is 9.87. The Balaban J connectivity index is 1.71. The molecule has 4 radical (unpaired) electrons. The molecule has 0 aliphatic carbocycles. The zero-order valence-corrected chi connectivity index (χ0v) is 17.8. The maximum atomic E-state index is 13.6. The summed E-state index contributed by atoms with van der Waals surface area (Å²) in [6, 6.07) is 16.4. The summed E-state index contributed by atoms with van der Waals surface area (Å²) in [6.45, 7) is 1.93. The Kier molecular flexibility index (Phi) is 4.98. The fourth-order valence-corrected chi connectivity index (χ4v) is 4.08. The van der Waals surface area contributed by atoms with Gasteiger partial charge in [0.1, 0.15) is 5.52 Å². The van der Waals surface area contributed by atoms with Gasteiger partial charge in [0.2, 0.25) is 0 Å². The predicted molar refractivity (Wildman–Crippen MR) is 129 cm³/mol. The topological polar surface area (TPSA) is 88.5 Å². The van der Waals surface area contributed by atoms with E-state index >= 15 is 0 Å². The summed E-state index contributed by atoms with van der Waals surface area (Å²) in [7, 11) is 11.6. The predicted octanol–water partition coefficient (Wildman–Crippen LogP) is 2.07. The minimum atomic E-state index is -0.353. The zero-order chi connectivity index (χ0) is 22.4. The number of aromatic nitrogens is 5. The van der Waals surface area contributed by atoms with Crippen molar-refractivity contribution in [2.24, 2.45) is 0 Å². The Bertz CT molecular complexity index is 1530. The van der Waals surface area contributed by atoms with Crippen LogP contribution in [0.5, 0.6) is 0 Å². The molecule has 0 saturated heterocycles. The first kappa shape index (κ1) is 20.3. The Labute approximate surface area is 190 Å². The van der Waals surface area contributed by atoms with Crippen molar-refractivity contribution in [1.29, 1.82) is 0 Å². The second-order valence-corrected chi connectivity index (χ2v) is 7.77. The van der Waals surface area contributed by atoms with Crippen molar-refractivity contribution < 1.29 is 0 Å². The van der Waals surface area contributed by atoms with Gasteiger partial charge in [-0.3, -0.25) is 9.36 Å². The minimum Gasteiger partial charge on any atom is -0.360 e. The number of halogens is 1. The minimum absolute atomic E-state index is 0.0597. The number of hydrogen-bond acceptors (Lipinski definition) is 5. The maximum absolute atomic E-state index is 13.6. The van der Waals surface area contributed by atoms with Crippen LogP contribution in [0.4, 0.5) is 5.82 Å². The van der Waals surface area contributed by atoms with Crippen LogP contribution < -0.4 is 22.3 Å². The smallest absolute Gasteiger partial charge is 0.264 e. The summed E-state index contributed by atoms with van der Waals surface area (Å²) in [5, 5.41) is 4.94. The average molecular weight is 436 g/mol. The van der Waals surface area contributed by atoms with Crippen LogP contribution >= 0.6 is 11.6 Å². The molecule has 0 aliphatic rings. The molecule has 0 amide bonds. The molecule has 2 aromatic carbocycles. The lowest BCUT2D eigenvalue weighted by molar-refractivity contribution is 0.774. The highest BCUT2D eigenvalue weighted by atomic mass is 35.5. The van der Waals surface area contributed by atoms with Gasteiger partial charge in [-0.1, -0.05) is 41.9 Å². The number of nitrogens with one attached hydrogen (secondary N) is 2. The van der Waals surface area contributed by atoms with Crippen LogP contribution in [0.1, 0.15) is 18.7 Å². The Hall–Kier alpha value is -3.58. The lowest BCUT2D eigenvalue weighted by Crippen LogP contribution is -2.26. The monoisotopic (exact) mass is 436 g/mol. The van der Waals surface area contributed by atoms with Gasteiger partial charge in [0.15, 0.2) is 27.2 Å². The van der Waals surface area contributed by atoms with E-state index < -0.39 is 0 Å². The number of imidazole rings is 1. The normalized spacial score (nSPS) is 12.3. The number of H-pyrrole nitrogens is 1. The van der Waals surface area contributed by atoms with Crippen LogP contribution in [0.3, 0.4) is 0 Å². The number of anilines is 1. The van der Waals surface area contributed by atoms with Crippen molar-refractivity contribution in [2.45, 2.75) is 13.0 Å². The molecule has 5 aromatic rings. The first-order valence-corrected chi connectivity index (χ1v) is 10.2. The molecular formula is C22H15B2ClN6O. The Morgan fingerprint density at radius 1 is 1.06 bits per heavy atom. The van der Waals surface area contributed by atoms with Crippen molar-refractivity contribution in [2.75, 3.05) is 5.32 Å². The Morgan fingerprint density at radius 2 is 1.84 bits per heavy atom. The van der Waals surface area contributed by atoms with E-state index in [9.17, 15) is 4.79 Å². The van der Waals surface area contributed by atoms with Crippen molar-refractivity contribution in [3.8, 4) is 5.69 Å². The van der Waals surface area contributed by atoms with Crippen LogP contribution in [-0.4, -0.2) is 40.2 Å². The highest BCUT2D eigenvalue weighted by Gasteiger charge is 2.19. The molecule has 3 heterocycles. The summed E-state index contributed by atoms with van der Waals surface area (Å²) >= 11 is 6.39. The van der Waals surface area contributed by atoms with Gasteiger partial charge in [0.05, 0.1) is 27.9 Å². The quantitative estimate of drug-likeness (QED) is 0.421. The molecule has 0 bridgehead atoms. The van der Waals surface area contributed by atoms with Gasteiger partial charge in [-0.05, 0) is 36.6 Å². The first-order chi connectivity index (χ1) is 15.4. The third kappa shape index (κ3) is 3.44. The molecule has 0 saturated carbocycles. The molecular weight excluding hydrogens is 421 g/mol. The van der Waals surface area contributed by atoms with E-state index in [-0.39, 0.29) is 23.0 Å². The Morgan fingerprint density at radius 3 is 2.62 bits per heavy atom. The SMILES string of the molecule is [B]c1nc(N[C@@H](C)c2cc3cccc(Cl)c3c(=O)n2-c2ccccc2)c2[nH]c([B])nc2n1. The molecule has 5 rings (SSSR count). The number of aromatic amines is 1. The molecule has 2 N–H and O–H groups in total. The zero-order valence-electron chi connectivity index (χ0n) is 17.0. The molecule has 0 fully saturated rings. The standard InChI is InChI=1S/C22H15B2ClN6O/c1-11(26-18-17-19(29-21(23)27-17)30-22(24)28-18)15-10-12-6-5-9-14(25)16(12)20(32)31(15)13-7-3-2-4-8-13/h2-11H,1H3,(H2,26,27,28,29,30)/t11-/m0/s1. The van der Waals surface area contributed by atoms with E-state index in [1.165, 1.54) is 0 Å². The fourth-order valence-electron chi connectivity index (χ4n) is 3.82. The lowest BCUT2D eigenvalue weighted by Gasteiger charge is -2.22. The molecule has 10 heteroatoms. The van der Waals surface area contributed by atoms with Crippen LogP contribution in [0.15, 0.2) is 59.4 Å². The van der Waals surface area contributed by atoms with Crippen LogP contribution in [-0.2, 0) is 0 Å². The van der Waals surface area contributed by atoms with Gasteiger partial charge >= 0.3 is 0 Å². The third-order valence-corrected chi connectivity index (χ3v) is 5.54. The lowest BCUT2D eigenvalue weighted by atomic mass is 10.1. The highest BCUT2D eigenvalue weighted by Crippen LogP contribution is 2.27.